The quantitative estimate of drug-likeness (QED) is 0.816. The van der Waals surface area contributed by atoms with E-state index in [0.717, 1.165) is 26.2 Å². The predicted molar refractivity (Wildman–Crippen MR) is 73.6 cm³/mol. The standard InChI is InChI=1S/C13H18N2OS/c1-17-11-13(16)15-9-7-14(8-10-15)12-5-3-2-4-6-12/h2-6H,7-11H2,1H3. The highest BCUT2D eigenvalue weighted by atomic mass is 32.2. The molecule has 1 heterocycles. The second-order valence-electron chi connectivity index (χ2n) is 4.14. The van der Waals surface area contributed by atoms with Crippen LogP contribution in [0.4, 0.5) is 5.69 Å². The van der Waals surface area contributed by atoms with Crippen LogP contribution in [0.3, 0.4) is 0 Å². The maximum Gasteiger partial charge on any atom is 0.232 e. The molecule has 17 heavy (non-hydrogen) atoms. The second-order valence-corrected chi connectivity index (χ2v) is 5.00. The SMILES string of the molecule is CSCC(=O)N1CCN(c2ccccc2)CC1. The molecule has 0 N–H and O–H groups in total. The minimum atomic E-state index is 0.269. The first-order valence-electron chi connectivity index (χ1n) is 5.88. The Hall–Kier alpha value is -1.16. The Morgan fingerprint density at radius 3 is 2.41 bits per heavy atom. The van der Waals surface area contributed by atoms with Crippen LogP contribution < -0.4 is 4.90 Å². The van der Waals surface area contributed by atoms with E-state index < -0.39 is 0 Å². The van der Waals surface area contributed by atoms with Crippen molar-refractivity contribution in [1.82, 2.24) is 4.90 Å². The summed E-state index contributed by atoms with van der Waals surface area (Å²) in [6, 6.07) is 10.4. The molecule has 0 bridgehead atoms. The molecule has 0 spiro atoms. The van der Waals surface area contributed by atoms with Gasteiger partial charge in [-0.25, -0.2) is 0 Å². The maximum absolute atomic E-state index is 11.7. The lowest BCUT2D eigenvalue weighted by Crippen LogP contribution is -2.49. The second kappa shape index (κ2) is 5.96. The summed E-state index contributed by atoms with van der Waals surface area (Å²) in [4.78, 5) is 16.0. The Morgan fingerprint density at radius 2 is 1.82 bits per heavy atom. The predicted octanol–water partition coefficient (Wildman–Crippen LogP) is 1.70. The van der Waals surface area contributed by atoms with E-state index in [9.17, 15) is 4.79 Å². The van der Waals surface area contributed by atoms with E-state index >= 15 is 0 Å². The van der Waals surface area contributed by atoms with Crippen LogP contribution >= 0.6 is 11.8 Å². The van der Waals surface area contributed by atoms with E-state index in [2.05, 4.69) is 29.2 Å². The maximum atomic E-state index is 11.7. The first-order chi connectivity index (χ1) is 8.31. The Balaban J connectivity index is 1.88. The van der Waals surface area contributed by atoms with Gasteiger partial charge in [0.25, 0.3) is 0 Å². The fraction of sp³-hybridized carbons (Fsp3) is 0.462. The van der Waals surface area contributed by atoms with E-state index in [4.69, 9.17) is 0 Å². The van der Waals surface area contributed by atoms with Crippen molar-refractivity contribution in [1.29, 1.82) is 0 Å². The van der Waals surface area contributed by atoms with Crippen molar-refractivity contribution >= 4 is 23.4 Å². The molecule has 0 radical (unpaired) electrons. The van der Waals surface area contributed by atoms with Gasteiger partial charge in [-0.2, -0.15) is 11.8 Å². The monoisotopic (exact) mass is 250 g/mol. The van der Waals surface area contributed by atoms with Gasteiger partial charge in [0.1, 0.15) is 0 Å². The Kier molecular flexibility index (Phi) is 4.31. The lowest BCUT2D eigenvalue weighted by molar-refractivity contribution is -0.128. The van der Waals surface area contributed by atoms with Gasteiger partial charge in [-0.15, -0.1) is 0 Å². The van der Waals surface area contributed by atoms with Crippen molar-refractivity contribution in [3.8, 4) is 0 Å². The summed E-state index contributed by atoms with van der Waals surface area (Å²) in [5, 5.41) is 0. The first kappa shape index (κ1) is 12.3. The number of para-hydroxylation sites is 1. The Morgan fingerprint density at radius 1 is 1.18 bits per heavy atom. The molecule has 1 fully saturated rings. The number of rotatable bonds is 3. The number of nitrogens with zero attached hydrogens (tertiary/aromatic N) is 2. The van der Waals surface area contributed by atoms with Crippen LogP contribution in [0.1, 0.15) is 0 Å². The molecule has 92 valence electrons. The van der Waals surface area contributed by atoms with Gasteiger partial charge in [0.15, 0.2) is 0 Å². The highest BCUT2D eigenvalue weighted by Crippen LogP contribution is 2.15. The zero-order valence-electron chi connectivity index (χ0n) is 10.1. The van der Waals surface area contributed by atoms with E-state index in [1.54, 1.807) is 11.8 Å². The largest absolute Gasteiger partial charge is 0.368 e. The average molecular weight is 250 g/mol. The van der Waals surface area contributed by atoms with Gasteiger partial charge in [0.2, 0.25) is 5.91 Å². The molecule has 4 heteroatoms. The van der Waals surface area contributed by atoms with E-state index in [1.165, 1.54) is 5.69 Å². The molecule has 1 aliphatic heterocycles. The van der Waals surface area contributed by atoms with Crippen molar-refractivity contribution in [2.24, 2.45) is 0 Å². The summed E-state index contributed by atoms with van der Waals surface area (Å²) >= 11 is 1.60. The van der Waals surface area contributed by atoms with Gasteiger partial charge >= 0.3 is 0 Å². The van der Waals surface area contributed by atoms with E-state index in [-0.39, 0.29) is 5.91 Å². The summed E-state index contributed by atoms with van der Waals surface area (Å²) < 4.78 is 0. The fourth-order valence-electron chi connectivity index (χ4n) is 2.07. The van der Waals surface area contributed by atoms with Crippen LogP contribution in [0, 0.1) is 0 Å². The number of thioether (sulfide) groups is 1. The molecule has 1 aliphatic rings. The Labute approximate surface area is 107 Å². The molecule has 1 aromatic carbocycles. The molecule has 2 rings (SSSR count). The third-order valence-corrected chi connectivity index (χ3v) is 3.56. The first-order valence-corrected chi connectivity index (χ1v) is 7.27. The number of amides is 1. The molecule has 0 atom stereocenters. The average Bonchev–Trinajstić information content (AvgIpc) is 2.40. The van der Waals surface area contributed by atoms with Gasteiger partial charge in [-0.1, -0.05) is 18.2 Å². The van der Waals surface area contributed by atoms with Crippen molar-refractivity contribution in [2.75, 3.05) is 43.1 Å². The van der Waals surface area contributed by atoms with Gasteiger partial charge < -0.3 is 9.80 Å². The van der Waals surface area contributed by atoms with Crippen molar-refractivity contribution < 1.29 is 4.79 Å². The van der Waals surface area contributed by atoms with Crippen molar-refractivity contribution in [3.63, 3.8) is 0 Å². The number of carbonyl (C=O) groups excluding carboxylic acids is 1. The highest BCUT2D eigenvalue weighted by Gasteiger charge is 2.20. The molecule has 1 aromatic rings. The fourth-order valence-corrected chi connectivity index (χ4v) is 2.50. The zero-order chi connectivity index (χ0) is 12.1. The summed E-state index contributed by atoms with van der Waals surface area (Å²) in [7, 11) is 0. The van der Waals surface area contributed by atoms with Crippen LogP contribution in [0.15, 0.2) is 30.3 Å². The topological polar surface area (TPSA) is 23.6 Å². The summed E-state index contributed by atoms with van der Waals surface area (Å²) in [6.07, 6.45) is 1.97. The zero-order valence-corrected chi connectivity index (χ0v) is 10.9. The third-order valence-electron chi connectivity index (χ3n) is 3.02. The molecular weight excluding hydrogens is 232 g/mol. The van der Waals surface area contributed by atoms with Crippen LogP contribution in [0.5, 0.6) is 0 Å². The van der Waals surface area contributed by atoms with Crippen molar-refractivity contribution in [2.45, 2.75) is 0 Å². The third kappa shape index (κ3) is 3.16. The highest BCUT2D eigenvalue weighted by molar-refractivity contribution is 7.99. The molecule has 1 amide bonds. The lowest BCUT2D eigenvalue weighted by Gasteiger charge is -2.36. The minimum absolute atomic E-state index is 0.269. The lowest BCUT2D eigenvalue weighted by atomic mass is 10.2. The van der Waals surface area contributed by atoms with Gasteiger partial charge in [0.05, 0.1) is 5.75 Å². The van der Waals surface area contributed by atoms with E-state index in [1.807, 2.05) is 17.2 Å². The molecule has 0 aliphatic carbocycles. The van der Waals surface area contributed by atoms with Crippen LogP contribution in [0.2, 0.25) is 0 Å². The summed E-state index contributed by atoms with van der Waals surface area (Å²) in [5.74, 6) is 0.871. The number of hydrogen-bond donors (Lipinski definition) is 0. The van der Waals surface area contributed by atoms with Gasteiger partial charge in [-0.3, -0.25) is 4.79 Å². The normalized spacial score (nSPS) is 16.1. The number of benzene rings is 1. The number of anilines is 1. The molecule has 0 unspecified atom stereocenters. The van der Waals surface area contributed by atoms with E-state index in [0.29, 0.717) is 5.75 Å². The summed E-state index contributed by atoms with van der Waals surface area (Å²) in [6.45, 7) is 3.55. The number of carbonyl (C=O) groups is 1. The molecular formula is C13H18N2OS. The molecule has 1 saturated heterocycles. The number of hydrogen-bond acceptors (Lipinski definition) is 3. The minimum Gasteiger partial charge on any atom is -0.368 e. The van der Waals surface area contributed by atoms with Crippen LogP contribution in [-0.2, 0) is 4.79 Å². The van der Waals surface area contributed by atoms with Gasteiger partial charge in [0, 0.05) is 31.9 Å². The summed E-state index contributed by atoms with van der Waals surface area (Å²) in [5.41, 5.74) is 1.25. The van der Waals surface area contributed by atoms with Crippen LogP contribution in [0.25, 0.3) is 0 Å². The smallest absolute Gasteiger partial charge is 0.232 e. The molecule has 0 aromatic heterocycles. The molecule has 0 saturated carbocycles. The van der Waals surface area contributed by atoms with Gasteiger partial charge in [-0.05, 0) is 18.4 Å². The molecule has 3 nitrogen and oxygen atoms in total. The number of piperazine rings is 1. The van der Waals surface area contributed by atoms with Crippen molar-refractivity contribution in [3.05, 3.63) is 30.3 Å². The van der Waals surface area contributed by atoms with Crippen LogP contribution in [-0.4, -0.2) is 49.0 Å². The Bertz CT molecular complexity index is 361.